The van der Waals surface area contributed by atoms with Crippen LogP contribution in [0.5, 0.6) is 0 Å². The topological polar surface area (TPSA) is 66.5 Å². The number of carbonyl (C=O) groups excluding carboxylic acids is 1. The fourth-order valence-corrected chi connectivity index (χ4v) is 4.51. The van der Waals surface area contributed by atoms with Crippen LogP contribution in [0.2, 0.25) is 0 Å². The van der Waals surface area contributed by atoms with Gasteiger partial charge in [0.1, 0.15) is 0 Å². The smallest absolute Gasteiger partial charge is 0.223 e. The number of nitrogens with one attached hydrogen (secondary N) is 1. The van der Waals surface area contributed by atoms with Crippen molar-refractivity contribution in [3.05, 3.63) is 35.4 Å². The quantitative estimate of drug-likeness (QED) is 0.855. The monoisotopic (exact) mass is 352 g/mol. The highest BCUT2D eigenvalue weighted by molar-refractivity contribution is 7.88. The number of nitrogens with zero attached hydrogens (tertiary/aromatic N) is 1. The molecule has 134 valence electrons. The lowest BCUT2D eigenvalue weighted by molar-refractivity contribution is -0.126. The summed E-state index contributed by atoms with van der Waals surface area (Å²) in [6.45, 7) is 6.82. The molecule has 5 nitrogen and oxygen atoms in total. The van der Waals surface area contributed by atoms with E-state index in [2.05, 4.69) is 5.32 Å². The van der Waals surface area contributed by atoms with Gasteiger partial charge in [-0.05, 0) is 38.7 Å². The highest BCUT2D eigenvalue weighted by atomic mass is 32.2. The molecule has 1 N–H and O–H groups in total. The number of hydrogen-bond acceptors (Lipinski definition) is 3. The van der Waals surface area contributed by atoms with E-state index in [-0.39, 0.29) is 23.6 Å². The largest absolute Gasteiger partial charge is 0.353 e. The molecule has 0 radical (unpaired) electrons. The van der Waals surface area contributed by atoms with Gasteiger partial charge in [-0.25, -0.2) is 12.7 Å². The third-order valence-corrected chi connectivity index (χ3v) is 6.50. The number of amides is 1. The minimum atomic E-state index is -3.33. The Morgan fingerprint density at radius 3 is 2.58 bits per heavy atom. The summed E-state index contributed by atoms with van der Waals surface area (Å²) in [6, 6.07) is 7.75. The van der Waals surface area contributed by atoms with Crippen molar-refractivity contribution in [2.24, 2.45) is 5.92 Å². The van der Waals surface area contributed by atoms with E-state index in [9.17, 15) is 13.2 Å². The van der Waals surface area contributed by atoms with Gasteiger partial charge >= 0.3 is 0 Å². The number of aryl methyl sites for hydroxylation is 1. The average molecular weight is 353 g/mol. The first kappa shape index (κ1) is 18.9. The normalized spacial score (nSPS) is 18.3. The van der Waals surface area contributed by atoms with Gasteiger partial charge in [0.25, 0.3) is 0 Å². The lowest BCUT2D eigenvalue weighted by atomic mass is 9.97. The molecule has 0 unspecified atom stereocenters. The van der Waals surface area contributed by atoms with E-state index in [1.165, 1.54) is 4.31 Å². The number of piperidine rings is 1. The molecule has 0 saturated carbocycles. The highest BCUT2D eigenvalue weighted by Crippen LogP contribution is 2.22. The second-order valence-corrected chi connectivity index (χ2v) is 8.71. The van der Waals surface area contributed by atoms with Gasteiger partial charge in [-0.2, -0.15) is 0 Å². The summed E-state index contributed by atoms with van der Waals surface area (Å²) in [5.74, 6) is 0.00259. The Morgan fingerprint density at radius 2 is 2.00 bits per heavy atom. The molecule has 1 atom stereocenters. The molecule has 2 rings (SSSR count). The van der Waals surface area contributed by atoms with Crippen LogP contribution in [-0.4, -0.2) is 37.8 Å². The Labute approximate surface area is 145 Å². The number of sulfonamides is 1. The molecule has 1 saturated heterocycles. The van der Waals surface area contributed by atoms with Crippen molar-refractivity contribution in [3.8, 4) is 0 Å². The van der Waals surface area contributed by atoms with Crippen LogP contribution in [0, 0.1) is 12.8 Å². The Hall–Kier alpha value is -1.40. The minimum Gasteiger partial charge on any atom is -0.353 e. The van der Waals surface area contributed by atoms with Gasteiger partial charge in [-0.15, -0.1) is 0 Å². The number of hydrogen-bond donors (Lipinski definition) is 1. The summed E-state index contributed by atoms with van der Waals surface area (Å²) < 4.78 is 26.7. The maximum Gasteiger partial charge on any atom is 0.223 e. The van der Waals surface area contributed by atoms with Crippen LogP contribution in [0.1, 0.15) is 44.2 Å². The molecular weight excluding hydrogens is 324 g/mol. The summed E-state index contributed by atoms with van der Waals surface area (Å²) in [5.41, 5.74) is 1.87. The Balaban J connectivity index is 1.92. The average Bonchev–Trinajstić information content (AvgIpc) is 2.54. The van der Waals surface area contributed by atoms with Crippen molar-refractivity contribution in [2.45, 2.75) is 51.8 Å². The maximum atomic E-state index is 12.6. The molecular formula is C18H28N2O3S. The molecule has 6 heteroatoms. The van der Waals surface area contributed by atoms with Crippen LogP contribution >= 0.6 is 0 Å². The van der Waals surface area contributed by atoms with E-state index in [0.717, 1.165) is 17.5 Å². The molecule has 1 fully saturated rings. The number of carbonyl (C=O) groups is 1. The van der Waals surface area contributed by atoms with Crippen LogP contribution in [0.15, 0.2) is 24.3 Å². The van der Waals surface area contributed by atoms with Gasteiger partial charge in [0.15, 0.2) is 0 Å². The molecule has 0 bridgehead atoms. The van der Waals surface area contributed by atoms with Gasteiger partial charge in [-0.3, -0.25) is 4.79 Å². The first-order valence-corrected chi connectivity index (χ1v) is 10.3. The van der Waals surface area contributed by atoms with E-state index in [0.29, 0.717) is 25.9 Å². The van der Waals surface area contributed by atoms with Gasteiger partial charge in [0.2, 0.25) is 15.9 Å². The minimum absolute atomic E-state index is 0.0262. The fourth-order valence-electron chi connectivity index (χ4n) is 2.96. The second-order valence-electron chi connectivity index (χ2n) is 6.74. The zero-order valence-corrected chi connectivity index (χ0v) is 15.6. The van der Waals surface area contributed by atoms with Crippen LogP contribution in [-0.2, 0) is 20.6 Å². The summed E-state index contributed by atoms with van der Waals surface area (Å²) >= 11 is 0. The Kier molecular flexibility index (Phi) is 6.40. The van der Waals surface area contributed by atoms with E-state index in [4.69, 9.17) is 0 Å². The van der Waals surface area contributed by atoms with Crippen molar-refractivity contribution >= 4 is 15.9 Å². The van der Waals surface area contributed by atoms with Gasteiger partial charge in [-0.1, -0.05) is 36.8 Å². The second kappa shape index (κ2) is 8.12. The predicted molar refractivity (Wildman–Crippen MR) is 96.0 cm³/mol. The third kappa shape index (κ3) is 5.05. The third-order valence-electron chi connectivity index (χ3n) is 4.65. The first-order chi connectivity index (χ1) is 11.3. The van der Waals surface area contributed by atoms with Crippen molar-refractivity contribution in [1.29, 1.82) is 0 Å². The van der Waals surface area contributed by atoms with Crippen LogP contribution < -0.4 is 5.32 Å². The first-order valence-electron chi connectivity index (χ1n) is 8.65. The molecule has 1 aromatic rings. The standard InChI is InChI=1S/C18H28N2O3S/c1-4-15(3)19-18(21)17-8-10-20(11-9-17)24(22,23)13-16-7-5-6-14(2)12-16/h5-7,12,15,17H,4,8-11,13H2,1-3H3,(H,19,21)/t15-/m1/s1. The number of benzene rings is 1. The molecule has 0 aliphatic carbocycles. The molecule has 1 aromatic carbocycles. The molecule has 1 amide bonds. The number of rotatable bonds is 6. The SMILES string of the molecule is CC[C@@H](C)NC(=O)C1CCN(S(=O)(=O)Cc2cccc(C)c2)CC1. The van der Waals surface area contributed by atoms with Gasteiger partial charge in [0, 0.05) is 25.0 Å². The van der Waals surface area contributed by atoms with E-state index in [1.54, 1.807) is 0 Å². The van der Waals surface area contributed by atoms with Crippen molar-refractivity contribution in [2.75, 3.05) is 13.1 Å². The van der Waals surface area contributed by atoms with E-state index in [1.807, 2.05) is 45.0 Å². The Bertz CT molecular complexity index is 665. The predicted octanol–water partition coefficient (Wildman–Crippen LogP) is 2.45. The van der Waals surface area contributed by atoms with Crippen LogP contribution in [0.3, 0.4) is 0 Å². The molecule has 24 heavy (non-hydrogen) atoms. The van der Waals surface area contributed by atoms with Crippen molar-refractivity contribution in [3.63, 3.8) is 0 Å². The van der Waals surface area contributed by atoms with Crippen molar-refractivity contribution in [1.82, 2.24) is 9.62 Å². The van der Waals surface area contributed by atoms with E-state index < -0.39 is 10.0 Å². The molecule has 0 aromatic heterocycles. The summed E-state index contributed by atoms with van der Waals surface area (Å²) in [5, 5.41) is 2.99. The molecule has 1 aliphatic rings. The van der Waals surface area contributed by atoms with Gasteiger partial charge < -0.3 is 5.32 Å². The Morgan fingerprint density at radius 1 is 1.33 bits per heavy atom. The van der Waals surface area contributed by atoms with E-state index >= 15 is 0 Å². The van der Waals surface area contributed by atoms with Crippen LogP contribution in [0.25, 0.3) is 0 Å². The lowest BCUT2D eigenvalue weighted by Crippen LogP contribution is -2.44. The zero-order valence-electron chi connectivity index (χ0n) is 14.8. The summed E-state index contributed by atoms with van der Waals surface area (Å²) in [4.78, 5) is 12.2. The molecule has 1 heterocycles. The van der Waals surface area contributed by atoms with Gasteiger partial charge in [0.05, 0.1) is 5.75 Å². The lowest BCUT2D eigenvalue weighted by Gasteiger charge is -2.31. The zero-order chi connectivity index (χ0) is 17.7. The van der Waals surface area contributed by atoms with Crippen molar-refractivity contribution < 1.29 is 13.2 Å². The fraction of sp³-hybridized carbons (Fsp3) is 0.611. The molecule has 1 aliphatic heterocycles. The summed E-state index contributed by atoms with van der Waals surface area (Å²) in [7, 11) is -3.33. The molecule has 0 spiro atoms. The highest BCUT2D eigenvalue weighted by Gasteiger charge is 2.31. The van der Waals surface area contributed by atoms with Crippen LogP contribution in [0.4, 0.5) is 0 Å². The maximum absolute atomic E-state index is 12.6. The summed E-state index contributed by atoms with van der Waals surface area (Å²) in [6.07, 6.45) is 2.08.